The van der Waals surface area contributed by atoms with E-state index >= 15 is 0 Å². The zero-order valence-electron chi connectivity index (χ0n) is 14.1. The quantitative estimate of drug-likeness (QED) is 0.758. The fraction of sp³-hybridized carbons (Fsp3) is 0.333. The first-order valence-electron chi connectivity index (χ1n) is 7.47. The van der Waals surface area contributed by atoms with E-state index in [0.717, 1.165) is 9.35 Å². The molecule has 0 spiro atoms. The van der Waals surface area contributed by atoms with Gasteiger partial charge in [0.25, 0.3) is 5.91 Å². The van der Waals surface area contributed by atoms with Gasteiger partial charge >= 0.3 is 5.97 Å². The van der Waals surface area contributed by atoms with Crippen LogP contribution in [0.15, 0.2) is 40.9 Å². The predicted octanol–water partition coefficient (Wildman–Crippen LogP) is 4.45. The number of esters is 1. The minimum atomic E-state index is -0.863. The van der Waals surface area contributed by atoms with Crippen molar-refractivity contribution in [2.24, 2.45) is 0 Å². The van der Waals surface area contributed by atoms with Crippen LogP contribution in [0.2, 0.25) is 0 Å². The number of methoxy groups -OCH3 is 1. The van der Waals surface area contributed by atoms with Gasteiger partial charge in [-0.25, -0.2) is 4.79 Å². The van der Waals surface area contributed by atoms with Crippen molar-refractivity contribution in [2.45, 2.75) is 32.2 Å². The Bertz CT molecular complexity index is 749. The van der Waals surface area contributed by atoms with Crippen molar-refractivity contribution in [1.82, 2.24) is 5.32 Å². The second-order valence-corrected chi connectivity index (χ2v) is 8.30. The van der Waals surface area contributed by atoms with Gasteiger partial charge in [0.15, 0.2) is 6.04 Å². The Labute approximate surface area is 154 Å². The van der Waals surface area contributed by atoms with Crippen LogP contribution < -0.4 is 5.32 Å². The van der Waals surface area contributed by atoms with E-state index in [1.807, 2.05) is 24.3 Å². The molecule has 6 heteroatoms. The van der Waals surface area contributed by atoms with E-state index in [1.165, 1.54) is 18.4 Å². The molecular formula is C18H20BrNO3S. The Morgan fingerprint density at radius 2 is 1.83 bits per heavy atom. The summed E-state index contributed by atoms with van der Waals surface area (Å²) < 4.78 is 5.59. The molecule has 1 aromatic heterocycles. The standard InChI is InChI=1S/C18H20BrNO3S/c1-18(2,3)14-10-9-13(24-14)16(21)20-15(17(22)23-4)11-7-5-6-8-12(11)19/h5-10,15H,1-4H3,(H,20,21). The first-order valence-corrected chi connectivity index (χ1v) is 9.08. The number of halogens is 1. The van der Waals surface area contributed by atoms with E-state index in [1.54, 1.807) is 12.1 Å². The molecule has 1 N–H and O–H groups in total. The highest BCUT2D eigenvalue weighted by Crippen LogP contribution is 2.30. The molecule has 0 fully saturated rings. The lowest BCUT2D eigenvalue weighted by molar-refractivity contribution is -0.143. The summed E-state index contributed by atoms with van der Waals surface area (Å²) in [5.41, 5.74) is 0.637. The van der Waals surface area contributed by atoms with E-state index < -0.39 is 12.0 Å². The Morgan fingerprint density at radius 1 is 1.17 bits per heavy atom. The van der Waals surface area contributed by atoms with Gasteiger partial charge in [0, 0.05) is 9.35 Å². The monoisotopic (exact) mass is 409 g/mol. The van der Waals surface area contributed by atoms with Crippen molar-refractivity contribution < 1.29 is 14.3 Å². The average Bonchev–Trinajstić information content (AvgIpc) is 3.03. The van der Waals surface area contributed by atoms with E-state index in [9.17, 15) is 9.59 Å². The molecule has 0 aliphatic carbocycles. The first kappa shape index (κ1) is 18.7. The third-order valence-corrected chi connectivity index (χ3v) is 5.73. The fourth-order valence-electron chi connectivity index (χ4n) is 2.16. The number of hydrogen-bond acceptors (Lipinski definition) is 4. The molecular weight excluding hydrogens is 390 g/mol. The summed E-state index contributed by atoms with van der Waals surface area (Å²) in [7, 11) is 1.31. The van der Waals surface area contributed by atoms with Crippen LogP contribution in [-0.4, -0.2) is 19.0 Å². The van der Waals surface area contributed by atoms with E-state index in [2.05, 4.69) is 42.0 Å². The number of nitrogens with one attached hydrogen (secondary N) is 1. The van der Waals surface area contributed by atoms with E-state index in [-0.39, 0.29) is 11.3 Å². The topological polar surface area (TPSA) is 55.4 Å². The van der Waals surface area contributed by atoms with Gasteiger partial charge < -0.3 is 10.1 Å². The number of benzene rings is 1. The zero-order chi connectivity index (χ0) is 17.9. The number of ether oxygens (including phenoxy) is 1. The minimum absolute atomic E-state index is 0.0204. The zero-order valence-corrected chi connectivity index (χ0v) is 16.5. The molecule has 128 valence electrons. The van der Waals surface area contributed by atoms with Gasteiger partial charge in [-0.3, -0.25) is 4.79 Å². The highest BCUT2D eigenvalue weighted by molar-refractivity contribution is 9.10. The molecule has 0 aliphatic heterocycles. The highest BCUT2D eigenvalue weighted by atomic mass is 79.9. The molecule has 1 unspecified atom stereocenters. The summed E-state index contributed by atoms with van der Waals surface area (Å²) in [5, 5.41) is 2.77. The molecule has 2 aromatic rings. The van der Waals surface area contributed by atoms with Crippen LogP contribution in [-0.2, 0) is 14.9 Å². The maximum atomic E-state index is 12.6. The summed E-state index contributed by atoms with van der Waals surface area (Å²) >= 11 is 4.85. The molecule has 0 bridgehead atoms. The fourth-order valence-corrected chi connectivity index (χ4v) is 3.64. The first-order chi connectivity index (χ1) is 11.2. The third kappa shape index (κ3) is 4.24. The number of carbonyl (C=O) groups excluding carboxylic acids is 2. The van der Waals surface area contributed by atoms with E-state index in [4.69, 9.17) is 4.74 Å². The van der Waals surface area contributed by atoms with Crippen molar-refractivity contribution in [3.63, 3.8) is 0 Å². The smallest absolute Gasteiger partial charge is 0.333 e. The lowest BCUT2D eigenvalue weighted by atomic mass is 9.95. The summed E-state index contributed by atoms with van der Waals surface area (Å²) in [6, 6.07) is 10.1. The van der Waals surface area contributed by atoms with Gasteiger partial charge in [0.2, 0.25) is 0 Å². The van der Waals surface area contributed by atoms with Gasteiger partial charge in [0.05, 0.1) is 12.0 Å². The lowest BCUT2D eigenvalue weighted by Crippen LogP contribution is -2.34. The minimum Gasteiger partial charge on any atom is -0.467 e. The molecule has 0 saturated heterocycles. The van der Waals surface area contributed by atoms with Gasteiger partial charge in [-0.15, -0.1) is 11.3 Å². The SMILES string of the molecule is COC(=O)C(NC(=O)c1ccc(C(C)(C)C)s1)c1ccccc1Br. The molecule has 1 amide bonds. The lowest BCUT2D eigenvalue weighted by Gasteiger charge is -2.18. The molecule has 1 heterocycles. The van der Waals surface area contributed by atoms with Gasteiger partial charge in [0.1, 0.15) is 0 Å². The Kier molecular flexibility index (Phi) is 5.83. The third-order valence-electron chi connectivity index (χ3n) is 3.50. The normalized spacial score (nSPS) is 12.5. The van der Waals surface area contributed by atoms with Gasteiger partial charge in [-0.05, 0) is 29.2 Å². The van der Waals surface area contributed by atoms with Gasteiger partial charge in [-0.1, -0.05) is 54.9 Å². The number of hydrogen-bond donors (Lipinski definition) is 1. The summed E-state index contributed by atoms with van der Waals surface area (Å²) in [6.45, 7) is 6.29. The summed E-state index contributed by atoms with van der Waals surface area (Å²) in [6.07, 6.45) is 0. The molecule has 1 aromatic carbocycles. The van der Waals surface area contributed by atoms with Crippen molar-refractivity contribution in [2.75, 3.05) is 7.11 Å². The Balaban J connectivity index is 2.27. The number of thiophene rings is 1. The van der Waals surface area contributed by atoms with Crippen molar-refractivity contribution in [1.29, 1.82) is 0 Å². The second kappa shape index (κ2) is 7.49. The largest absolute Gasteiger partial charge is 0.467 e. The van der Waals surface area contributed by atoms with Crippen LogP contribution >= 0.6 is 27.3 Å². The van der Waals surface area contributed by atoms with Crippen LogP contribution in [0.1, 0.15) is 46.9 Å². The van der Waals surface area contributed by atoms with Crippen LogP contribution in [0.25, 0.3) is 0 Å². The predicted molar refractivity (Wildman–Crippen MR) is 99.4 cm³/mol. The highest BCUT2D eigenvalue weighted by Gasteiger charge is 2.27. The van der Waals surface area contributed by atoms with Crippen LogP contribution in [0, 0.1) is 0 Å². The van der Waals surface area contributed by atoms with Crippen molar-refractivity contribution >= 4 is 39.1 Å². The Hall–Kier alpha value is -1.66. The molecule has 2 rings (SSSR count). The molecule has 4 nitrogen and oxygen atoms in total. The average molecular weight is 410 g/mol. The number of rotatable bonds is 4. The van der Waals surface area contributed by atoms with Crippen LogP contribution in [0.5, 0.6) is 0 Å². The maximum absolute atomic E-state index is 12.6. The summed E-state index contributed by atoms with van der Waals surface area (Å²) in [4.78, 5) is 26.4. The maximum Gasteiger partial charge on any atom is 0.333 e. The molecule has 0 aliphatic rings. The van der Waals surface area contributed by atoms with Gasteiger partial charge in [-0.2, -0.15) is 0 Å². The molecule has 0 radical (unpaired) electrons. The van der Waals surface area contributed by atoms with Crippen LogP contribution in [0.3, 0.4) is 0 Å². The second-order valence-electron chi connectivity index (χ2n) is 6.37. The Morgan fingerprint density at radius 3 is 2.38 bits per heavy atom. The van der Waals surface area contributed by atoms with Crippen molar-refractivity contribution in [3.05, 3.63) is 56.2 Å². The number of carbonyl (C=O) groups is 2. The van der Waals surface area contributed by atoms with Crippen LogP contribution in [0.4, 0.5) is 0 Å². The van der Waals surface area contributed by atoms with Crippen molar-refractivity contribution in [3.8, 4) is 0 Å². The molecule has 0 saturated carbocycles. The van der Waals surface area contributed by atoms with E-state index in [0.29, 0.717) is 10.4 Å². The number of amides is 1. The summed E-state index contributed by atoms with van der Waals surface area (Å²) in [5.74, 6) is -0.801. The molecule has 1 atom stereocenters. The molecule has 24 heavy (non-hydrogen) atoms.